The fourth-order valence-electron chi connectivity index (χ4n) is 1.23. The number of aromatic nitrogens is 3. The summed E-state index contributed by atoms with van der Waals surface area (Å²) in [5.41, 5.74) is -0.983. The molecule has 0 saturated heterocycles. The smallest absolute Gasteiger partial charge is 0.355 e. The fraction of sp³-hybridized carbons (Fsp3) is 0.625. The molecule has 0 saturated carbocycles. The van der Waals surface area contributed by atoms with Crippen LogP contribution in [0.5, 0.6) is 0 Å². The first kappa shape index (κ1) is 13.3. The van der Waals surface area contributed by atoms with Crippen molar-refractivity contribution in [1.82, 2.24) is 19.7 Å². The molecule has 1 aromatic heterocycles. The van der Waals surface area contributed by atoms with Gasteiger partial charge in [-0.25, -0.2) is 9.48 Å². The zero-order chi connectivity index (χ0) is 13.2. The third kappa shape index (κ3) is 2.86. The molecule has 0 unspecified atom stereocenters. The van der Waals surface area contributed by atoms with Gasteiger partial charge < -0.3 is 5.32 Å². The van der Waals surface area contributed by atoms with Gasteiger partial charge in [0.05, 0.1) is 0 Å². The predicted octanol–water partition coefficient (Wildman–Crippen LogP) is -0.263. The number of nitrogens with one attached hydrogen (secondary N) is 1. The molecule has 0 aromatic carbocycles. The van der Waals surface area contributed by atoms with Crippen LogP contribution in [-0.4, -0.2) is 26.8 Å². The maximum absolute atomic E-state index is 12.4. The van der Waals surface area contributed by atoms with Crippen LogP contribution in [0.15, 0.2) is 4.79 Å². The highest BCUT2D eigenvalue weighted by atomic mass is 19.4. The van der Waals surface area contributed by atoms with Crippen molar-refractivity contribution in [1.29, 1.82) is 0 Å². The molecule has 0 aliphatic carbocycles. The quantitative estimate of drug-likeness (QED) is 0.805. The van der Waals surface area contributed by atoms with E-state index in [1.807, 2.05) is 0 Å². The monoisotopic (exact) mass is 252 g/mol. The molecule has 0 radical (unpaired) electrons. The summed E-state index contributed by atoms with van der Waals surface area (Å²) >= 11 is 0. The number of alkyl halides is 3. The van der Waals surface area contributed by atoms with E-state index in [0.29, 0.717) is 15.8 Å². The molecular formula is C8H11F3N4O2. The lowest BCUT2D eigenvalue weighted by Crippen LogP contribution is -2.33. The largest absolute Gasteiger partial charge is 0.451 e. The van der Waals surface area contributed by atoms with Crippen molar-refractivity contribution in [2.75, 3.05) is 6.54 Å². The number of hydrogen-bond acceptors (Lipinski definition) is 3. The summed E-state index contributed by atoms with van der Waals surface area (Å²) in [5, 5.41) is 5.44. The number of nitrogens with zero attached hydrogens (tertiary/aromatic N) is 3. The van der Waals surface area contributed by atoms with Gasteiger partial charge in [0.2, 0.25) is 11.7 Å². The molecule has 6 nitrogen and oxygen atoms in total. The first-order valence-corrected chi connectivity index (χ1v) is 4.75. The summed E-state index contributed by atoms with van der Waals surface area (Å²) in [7, 11) is 0.951. The van der Waals surface area contributed by atoms with Gasteiger partial charge in [0, 0.05) is 13.6 Å². The molecule has 0 fully saturated rings. The second-order valence-corrected chi connectivity index (χ2v) is 3.27. The summed E-state index contributed by atoms with van der Waals surface area (Å²) in [6.45, 7) is 1.45. The molecule has 1 rings (SSSR count). The number of carbonyl (C=O) groups is 1. The molecule has 0 spiro atoms. The Bertz CT molecular complexity index is 474. The van der Waals surface area contributed by atoms with Crippen LogP contribution in [0.25, 0.3) is 0 Å². The van der Waals surface area contributed by atoms with Gasteiger partial charge in [0.1, 0.15) is 6.54 Å². The zero-order valence-corrected chi connectivity index (χ0v) is 9.21. The number of carbonyl (C=O) groups excluding carboxylic acids is 1. The highest BCUT2D eigenvalue weighted by molar-refractivity contribution is 5.75. The van der Waals surface area contributed by atoms with Crippen LogP contribution in [0, 0.1) is 0 Å². The van der Waals surface area contributed by atoms with E-state index >= 15 is 0 Å². The van der Waals surface area contributed by atoms with Crippen molar-refractivity contribution >= 4 is 5.91 Å². The van der Waals surface area contributed by atoms with Crippen molar-refractivity contribution in [2.45, 2.75) is 19.6 Å². The zero-order valence-electron chi connectivity index (χ0n) is 9.21. The van der Waals surface area contributed by atoms with Gasteiger partial charge >= 0.3 is 11.9 Å². The minimum atomic E-state index is -4.72. The lowest BCUT2D eigenvalue weighted by atomic mass is 10.5. The lowest BCUT2D eigenvalue weighted by molar-refractivity contribution is -0.147. The fourth-order valence-corrected chi connectivity index (χ4v) is 1.23. The third-order valence-corrected chi connectivity index (χ3v) is 1.96. The van der Waals surface area contributed by atoms with E-state index in [4.69, 9.17) is 0 Å². The predicted molar refractivity (Wildman–Crippen MR) is 51.2 cm³/mol. The normalized spacial score (nSPS) is 11.6. The summed E-state index contributed by atoms with van der Waals surface area (Å²) in [4.78, 5) is 22.5. The number of likely N-dealkylation sites (N-methyl/N-ethyl adjacent to an activating group) is 1. The average Bonchev–Trinajstić information content (AvgIpc) is 2.46. The molecule has 0 atom stereocenters. The standard InChI is InChI=1S/C8H11F3N4O2/c1-3-12-5(16)4-15-7(17)14(2)6(13-15)8(9,10)11/h3-4H2,1-2H3,(H,12,16). The molecule has 1 heterocycles. The van der Waals surface area contributed by atoms with E-state index in [1.165, 1.54) is 0 Å². The van der Waals surface area contributed by atoms with Crippen molar-refractivity contribution in [3.8, 4) is 0 Å². The Balaban J connectivity index is 3.04. The first-order chi connectivity index (χ1) is 7.77. The SMILES string of the molecule is CCNC(=O)Cn1nc(C(F)(F)F)n(C)c1=O. The van der Waals surface area contributed by atoms with Crippen molar-refractivity contribution in [3.05, 3.63) is 16.3 Å². The van der Waals surface area contributed by atoms with E-state index in [-0.39, 0.29) is 0 Å². The van der Waals surface area contributed by atoms with Crippen LogP contribution in [-0.2, 0) is 24.6 Å². The Labute approximate surface area is 94.0 Å². The first-order valence-electron chi connectivity index (χ1n) is 4.75. The molecule has 9 heteroatoms. The molecule has 0 aliphatic heterocycles. The van der Waals surface area contributed by atoms with Crippen LogP contribution < -0.4 is 11.0 Å². The van der Waals surface area contributed by atoms with E-state index in [0.717, 1.165) is 7.05 Å². The van der Waals surface area contributed by atoms with E-state index in [9.17, 15) is 22.8 Å². The van der Waals surface area contributed by atoms with Crippen molar-refractivity contribution in [3.63, 3.8) is 0 Å². The van der Waals surface area contributed by atoms with Gasteiger partial charge in [-0.2, -0.15) is 13.2 Å². The average molecular weight is 252 g/mol. The third-order valence-electron chi connectivity index (χ3n) is 1.96. The molecule has 1 amide bonds. The van der Waals surface area contributed by atoms with Crippen molar-refractivity contribution in [2.24, 2.45) is 7.05 Å². The van der Waals surface area contributed by atoms with Gasteiger partial charge in [-0.3, -0.25) is 9.36 Å². The highest BCUT2D eigenvalue weighted by Gasteiger charge is 2.38. The molecular weight excluding hydrogens is 241 g/mol. The summed E-state index contributed by atoms with van der Waals surface area (Å²) in [6, 6.07) is 0. The van der Waals surface area contributed by atoms with Gasteiger partial charge in [-0.1, -0.05) is 0 Å². The molecule has 17 heavy (non-hydrogen) atoms. The van der Waals surface area contributed by atoms with Gasteiger partial charge in [0.15, 0.2) is 0 Å². The van der Waals surface area contributed by atoms with Gasteiger partial charge in [0.25, 0.3) is 0 Å². The Morgan fingerprint density at radius 1 is 1.47 bits per heavy atom. The highest BCUT2D eigenvalue weighted by Crippen LogP contribution is 2.25. The number of halogens is 3. The van der Waals surface area contributed by atoms with Crippen LogP contribution in [0.1, 0.15) is 12.7 Å². The van der Waals surface area contributed by atoms with Crippen LogP contribution in [0.4, 0.5) is 13.2 Å². The van der Waals surface area contributed by atoms with E-state index in [2.05, 4.69) is 10.4 Å². The Kier molecular flexibility index (Phi) is 3.59. The Morgan fingerprint density at radius 3 is 2.47 bits per heavy atom. The Morgan fingerprint density at radius 2 is 2.06 bits per heavy atom. The topological polar surface area (TPSA) is 68.9 Å². The van der Waals surface area contributed by atoms with Crippen molar-refractivity contribution < 1.29 is 18.0 Å². The van der Waals surface area contributed by atoms with Crippen LogP contribution in [0.3, 0.4) is 0 Å². The molecule has 0 aliphatic rings. The van der Waals surface area contributed by atoms with Crippen LogP contribution in [0.2, 0.25) is 0 Å². The molecule has 1 aromatic rings. The number of rotatable bonds is 3. The second-order valence-electron chi connectivity index (χ2n) is 3.27. The number of hydrogen-bond donors (Lipinski definition) is 1. The minimum Gasteiger partial charge on any atom is -0.355 e. The molecule has 0 bridgehead atoms. The maximum atomic E-state index is 12.4. The summed E-state index contributed by atoms with van der Waals surface area (Å²) < 4.78 is 38.0. The van der Waals surface area contributed by atoms with E-state index in [1.54, 1.807) is 6.92 Å². The second kappa shape index (κ2) is 4.60. The van der Waals surface area contributed by atoms with Gasteiger partial charge in [-0.05, 0) is 6.92 Å². The van der Waals surface area contributed by atoms with E-state index < -0.39 is 30.1 Å². The van der Waals surface area contributed by atoms with Crippen LogP contribution >= 0.6 is 0 Å². The maximum Gasteiger partial charge on any atom is 0.451 e. The minimum absolute atomic E-state index is 0.326. The van der Waals surface area contributed by atoms with Gasteiger partial charge in [-0.15, -0.1) is 5.10 Å². The molecule has 1 N–H and O–H groups in total. The lowest BCUT2D eigenvalue weighted by Gasteiger charge is -2.02. The molecule has 96 valence electrons. The number of amides is 1. The summed E-state index contributed by atoms with van der Waals surface area (Å²) in [5.74, 6) is -1.90. The Hall–Kier alpha value is -1.80. The summed E-state index contributed by atoms with van der Waals surface area (Å²) in [6.07, 6.45) is -4.72.